The molecule has 2 unspecified atom stereocenters. The Balaban J connectivity index is -0.000000122. The zero-order chi connectivity index (χ0) is 26.3. The third-order valence-electron chi connectivity index (χ3n) is 5.32. The van der Waals surface area contributed by atoms with Crippen LogP contribution in [0.3, 0.4) is 0 Å². The summed E-state index contributed by atoms with van der Waals surface area (Å²) in [6, 6.07) is 0. The molecule has 0 bridgehead atoms. The van der Waals surface area contributed by atoms with E-state index in [-0.39, 0.29) is 81.9 Å². The van der Waals surface area contributed by atoms with Crippen molar-refractivity contribution < 1.29 is 98.0 Å². The summed E-state index contributed by atoms with van der Waals surface area (Å²) in [4.78, 5) is 44.4. The van der Waals surface area contributed by atoms with E-state index in [0.717, 1.165) is 19.4 Å². The maximum absolute atomic E-state index is 11.4. The summed E-state index contributed by atoms with van der Waals surface area (Å²) in [6.07, 6.45) is 1.63. The summed E-state index contributed by atoms with van der Waals surface area (Å²) >= 11 is 0. The number of hydrogen-bond acceptors (Lipinski definition) is 9. The van der Waals surface area contributed by atoms with Crippen LogP contribution < -0.4 is 69.3 Å². The Hall–Kier alpha value is -0.160. The number of hydrogen-bond donors (Lipinski definition) is 0. The molecule has 0 fully saturated rings. The van der Waals surface area contributed by atoms with Gasteiger partial charge in [-0.1, -0.05) is 27.7 Å². The van der Waals surface area contributed by atoms with Gasteiger partial charge in [-0.15, -0.1) is 0 Å². The van der Waals surface area contributed by atoms with Crippen LogP contribution in [-0.4, -0.2) is 63.1 Å². The first-order chi connectivity index (χ1) is 14.4. The number of rotatable bonds is 10. The van der Waals surface area contributed by atoms with E-state index in [9.17, 15) is 29.4 Å². The normalized spacial score (nSPS) is 12.1. The molecule has 11 heteroatoms. The van der Waals surface area contributed by atoms with Crippen molar-refractivity contribution in [2.24, 2.45) is 22.7 Å². The van der Waals surface area contributed by atoms with Crippen molar-refractivity contribution in [3.63, 3.8) is 0 Å². The molecule has 0 saturated heterocycles. The van der Waals surface area contributed by atoms with Crippen molar-refractivity contribution in [1.29, 1.82) is 0 Å². The smallest absolute Gasteiger partial charge is 0.550 e. The molecule has 0 aliphatic carbocycles. The van der Waals surface area contributed by atoms with Crippen LogP contribution in [0, 0.1) is 22.7 Å². The van der Waals surface area contributed by atoms with Crippen LogP contribution in [0.1, 0.15) is 68.2 Å². The molecule has 0 aromatic rings. The molecular formula is C23H43NNa2O8. The Morgan fingerprint density at radius 2 is 1.12 bits per heavy atom. The van der Waals surface area contributed by atoms with Crippen molar-refractivity contribution in [3.8, 4) is 0 Å². The molecular weight excluding hydrogens is 464 g/mol. The third kappa shape index (κ3) is 21.1. The van der Waals surface area contributed by atoms with Gasteiger partial charge >= 0.3 is 71.1 Å². The number of aliphatic carboxylic acids is 2. The van der Waals surface area contributed by atoms with E-state index in [1.54, 1.807) is 0 Å². The van der Waals surface area contributed by atoms with Crippen LogP contribution in [0.4, 0.5) is 0 Å². The van der Waals surface area contributed by atoms with Gasteiger partial charge < -0.3 is 34.2 Å². The Labute approximate surface area is 250 Å². The maximum atomic E-state index is 11.4. The Kier molecular flexibility index (Phi) is 28.5. The Morgan fingerprint density at radius 3 is 1.32 bits per heavy atom. The zero-order valence-electron chi connectivity index (χ0n) is 23.7. The van der Waals surface area contributed by atoms with Gasteiger partial charge in [-0.05, 0) is 54.6 Å². The number of likely N-dealkylation sites (N-methyl/N-ethyl adjacent to an activating group) is 1. The monoisotopic (exact) mass is 507 g/mol. The molecule has 0 aromatic carbocycles. The second-order valence-corrected chi connectivity index (χ2v) is 9.12. The van der Waals surface area contributed by atoms with Crippen molar-refractivity contribution in [1.82, 2.24) is 4.90 Å². The van der Waals surface area contributed by atoms with E-state index >= 15 is 0 Å². The largest absolute Gasteiger partial charge is 1.00 e. The van der Waals surface area contributed by atoms with Gasteiger partial charge in [0.25, 0.3) is 0 Å². The quantitative estimate of drug-likeness (QED) is 0.210. The minimum Gasteiger partial charge on any atom is -0.550 e. The summed E-state index contributed by atoms with van der Waals surface area (Å²) < 4.78 is 9.69. The van der Waals surface area contributed by atoms with E-state index in [1.807, 2.05) is 60.5 Å². The van der Waals surface area contributed by atoms with Crippen LogP contribution in [0.5, 0.6) is 0 Å². The van der Waals surface area contributed by atoms with E-state index < -0.39 is 23.8 Å². The molecule has 0 aromatic heterocycles. The number of esters is 2. The summed E-state index contributed by atoms with van der Waals surface area (Å²) in [5.74, 6) is -4.95. The van der Waals surface area contributed by atoms with Crippen LogP contribution >= 0.6 is 0 Å². The molecule has 0 saturated carbocycles. The van der Waals surface area contributed by atoms with E-state index in [1.165, 1.54) is 21.0 Å². The second-order valence-electron chi connectivity index (χ2n) is 9.12. The first-order valence-electron chi connectivity index (χ1n) is 10.7. The van der Waals surface area contributed by atoms with Gasteiger partial charge in [0.2, 0.25) is 0 Å². The van der Waals surface area contributed by atoms with Crippen molar-refractivity contribution in [3.05, 3.63) is 0 Å². The number of carbonyl (C=O) groups is 4. The van der Waals surface area contributed by atoms with Crippen LogP contribution in [0.2, 0.25) is 0 Å². The second kappa shape index (κ2) is 22.1. The van der Waals surface area contributed by atoms with Crippen LogP contribution in [0.15, 0.2) is 0 Å². The third-order valence-corrected chi connectivity index (χ3v) is 5.32. The molecule has 0 N–H and O–H groups in total. The molecule has 0 radical (unpaired) electrons. The molecule has 0 aliphatic heterocycles. The van der Waals surface area contributed by atoms with Gasteiger partial charge in [-0.3, -0.25) is 9.59 Å². The first-order valence-corrected chi connectivity index (χ1v) is 10.7. The average molecular weight is 508 g/mol. The first kappa shape index (κ1) is 43.9. The molecule has 2 atom stereocenters. The number of nitrogens with zero attached hydrogens (tertiary/aromatic N) is 1. The minimum absolute atomic E-state index is 0. The van der Waals surface area contributed by atoms with Gasteiger partial charge in [-0.25, -0.2) is 0 Å². The summed E-state index contributed by atoms with van der Waals surface area (Å²) in [7, 11) is 5.33. The van der Waals surface area contributed by atoms with Crippen molar-refractivity contribution in [2.45, 2.75) is 68.2 Å². The maximum Gasteiger partial charge on any atom is 1.00 e. The molecule has 0 amide bonds. The number of carbonyl (C=O) groups excluding carboxylic acids is 4. The zero-order valence-corrected chi connectivity index (χ0v) is 27.7. The summed E-state index contributed by atoms with van der Waals surface area (Å²) in [6.45, 7) is 15.3. The fourth-order valence-corrected chi connectivity index (χ4v) is 1.49. The van der Waals surface area contributed by atoms with Gasteiger partial charge in [0, 0.05) is 30.3 Å². The van der Waals surface area contributed by atoms with E-state index in [2.05, 4.69) is 4.74 Å². The van der Waals surface area contributed by atoms with Crippen LogP contribution in [0.25, 0.3) is 0 Å². The number of methoxy groups -OCH3 is 1. The van der Waals surface area contributed by atoms with Gasteiger partial charge in [0.15, 0.2) is 0 Å². The fraction of sp³-hybridized carbons (Fsp3) is 0.826. The fourth-order valence-electron chi connectivity index (χ4n) is 1.49. The molecule has 34 heavy (non-hydrogen) atoms. The topological polar surface area (TPSA) is 136 Å². The van der Waals surface area contributed by atoms with E-state index in [4.69, 9.17) is 4.74 Å². The standard InChI is InChI=1S/C10H21NO2.C7H14O2.C6H10O4.2Na/c1-6-10(2,3)9(12)13-8-7-11(4)5;1-5-7(2,3)6(8)9-4;1-3(5(7)8)4(2)6(9)10;;/h6-8H2,1-5H3;5H2,1-4H3;3-4H,1-2H3,(H,7,8)(H,9,10);;/q;;;2*+1/p-2. The van der Waals surface area contributed by atoms with Crippen LogP contribution in [-0.2, 0) is 28.7 Å². The SMILES string of the molecule is CC(C(=O)[O-])C(C)C(=O)[O-].CCC(C)(C)C(=O)OC.CCC(C)(C)C(=O)OCCN(C)C.[Na+].[Na+]. The van der Waals surface area contributed by atoms with Gasteiger partial charge in [0.05, 0.1) is 17.9 Å². The predicted octanol–water partition coefficient (Wildman–Crippen LogP) is -5.11. The summed E-state index contributed by atoms with van der Waals surface area (Å²) in [5.41, 5.74) is -0.652. The average Bonchev–Trinajstić information content (AvgIpc) is 2.72. The molecule has 0 aliphatic rings. The molecule has 0 rings (SSSR count). The number of carboxylic acid groups (broad SMARTS) is 2. The van der Waals surface area contributed by atoms with Crippen molar-refractivity contribution >= 4 is 23.9 Å². The predicted molar refractivity (Wildman–Crippen MR) is 118 cm³/mol. The molecule has 190 valence electrons. The number of ether oxygens (including phenoxy) is 2. The Morgan fingerprint density at radius 1 is 0.794 bits per heavy atom. The molecule has 0 heterocycles. The molecule has 0 spiro atoms. The van der Waals surface area contributed by atoms with E-state index in [0.29, 0.717) is 6.61 Å². The minimum atomic E-state index is -1.36. The van der Waals surface area contributed by atoms with Gasteiger partial charge in [-0.2, -0.15) is 0 Å². The molecule has 9 nitrogen and oxygen atoms in total. The van der Waals surface area contributed by atoms with Gasteiger partial charge in [0.1, 0.15) is 6.61 Å². The summed E-state index contributed by atoms with van der Waals surface area (Å²) in [5, 5.41) is 20.1. The number of carboxylic acids is 2. The Bertz CT molecular complexity index is 578. The van der Waals surface area contributed by atoms with Crippen molar-refractivity contribution in [2.75, 3.05) is 34.4 Å².